The molecule has 4 rings (SSSR count). The lowest BCUT2D eigenvalue weighted by molar-refractivity contribution is -0.117. The van der Waals surface area contributed by atoms with E-state index in [1.54, 1.807) is 32.4 Å². The Bertz CT molecular complexity index is 1150. The zero-order valence-corrected chi connectivity index (χ0v) is 20.2. The molecule has 10 heteroatoms. The Labute approximate surface area is 193 Å². The summed E-state index contributed by atoms with van der Waals surface area (Å²) in [6, 6.07) is 12.6. The number of hydrogen-bond donors (Lipinski definition) is 0. The molecule has 31 heavy (non-hydrogen) atoms. The van der Waals surface area contributed by atoms with Crippen molar-refractivity contribution in [2.45, 2.75) is 17.7 Å². The van der Waals surface area contributed by atoms with Gasteiger partial charge in [-0.25, -0.2) is 8.42 Å². The molecule has 2 atom stereocenters. The number of thioether (sulfide) groups is 1. The van der Waals surface area contributed by atoms with E-state index in [-0.39, 0.29) is 35.1 Å². The number of amidine groups is 1. The zero-order chi connectivity index (χ0) is 22.2. The van der Waals surface area contributed by atoms with Gasteiger partial charge >= 0.3 is 0 Å². The Morgan fingerprint density at radius 1 is 1.16 bits per heavy atom. The highest BCUT2D eigenvalue weighted by atomic mass is 79.9. The van der Waals surface area contributed by atoms with E-state index < -0.39 is 9.84 Å². The summed E-state index contributed by atoms with van der Waals surface area (Å²) in [5, 5.41) is 0.394. The van der Waals surface area contributed by atoms with Crippen molar-refractivity contribution in [1.29, 1.82) is 0 Å². The molecule has 0 spiro atoms. The summed E-state index contributed by atoms with van der Waals surface area (Å²) in [5.74, 6) is 0.977. The van der Waals surface area contributed by atoms with Gasteiger partial charge in [0, 0.05) is 15.4 Å². The van der Waals surface area contributed by atoms with E-state index in [1.807, 2.05) is 29.2 Å². The lowest BCUT2D eigenvalue weighted by atomic mass is 10.1. The van der Waals surface area contributed by atoms with Gasteiger partial charge in [0.2, 0.25) is 0 Å². The summed E-state index contributed by atoms with van der Waals surface area (Å²) in [4.78, 5) is 19.0. The monoisotopic (exact) mass is 524 g/mol. The van der Waals surface area contributed by atoms with Gasteiger partial charge in [-0.1, -0.05) is 39.8 Å². The van der Waals surface area contributed by atoms with Crippen LogP contribution in [0.15, 0.2) is 51.9 Å². The third-order valence-corrected chi connectivity index (χ3v) is 8.88. The van der Waals surface area contributed by atoms with Gasteiger partial charge in [-0.15, -0.1) is 0 Å². The van der Waals surface area contributed by atoms with E-state index in [0.29, 0.717) is 16.7 Å². The van der Waals surface area contributed by atoms with Crippen LogP contribution in [-0.2, 0) is 21.1 Å². The molecule has 0 unspecified atom stereocenters. The number of anilines is 1. The molecule has 0 bridgehead atoms. The molecule has 2 aromatic carbocycles. The Kier molecular flexibility index (Phi) is 6.32. The molecule has 0 radical (unpaired) electrons. The maximum atomic E-state index is 12.8. The fourth-order valence-electron chi connectivity index (χ4n) is 3.80. The van der Waals surface area contributed by atoms with Crippen molar-refractivity contribution in [1.82, 2.24) is 0 Å². The summed E-state index contributed by atoms with van der Waals surface area (Å²) < 4.78 is 35.8. The van der Waals surface area contributed by atoms with Crippen molar-refractivity contribution < 1.29 is 22.7 Å². The molecule has 1 amide bonds. The van der Waals surface area contributed by atoms with Crippen LogP contribution in [0.1, 0.15) is 5.56 Å². The molecule has 0 aromatic heterocycles. The molecular formula is C21H21BrN2O5S2. The fraction of sp³-hybridized carbons (Fsp3) is 0.333. The number of sulfone groups is 1. The number of hydrogen-bond acceptors (Lipinski definition) is 6. The summed E-state index contributed by atoms with van der Waals surface area (Å²) in [7, 11) is -0.0129. The van der Waals surface area contributed by atoms with Gasteiger partial charge in [0.05, 0.1) is 38.2 Å². The molecular weight excluding hydrogens is 504 g/mol. The number of nitrogens with zero attached hydrogens (tertiary/aromatic N) is 2. The second-order valence-electron chi connectivity index (χ2n) is 7.30. The van der Waals surface area contributed by atoms with Gasteiger partial charge in [0.25, 0.3) is 5.91 Å². The maximum Gasteiger partial charge on any atom is 0.252 e. The third kappa shape index (κ3) is 4.75. The number of carbonyl (C=O) groups excluding carboxylic acids is 1. The topological polar surface area (TPSA) is 85.3 Å². The molecule has 2 aromatic rings. The Hall–Kier alpha value is -2.04. The smallest absolute Gasteiger partial charge is 0.252 e. The highest BCUT2D eigenvalue weighted by Crippen LogP contribution is 2.41. The zero-order valence-electron chi connectivity index (χ0n) is 16.9. The van der Waals surface area contributed by atoms with Crippen molar-refractivity contribution in [3.05, 3.63) is 52.5 Å². The minimum atomic E-state index is -3.11. The molecule has 0 N–H and O–H groups in total. The van der Waals surface area contributed by atoms with E-state index in [9.17, 15) is 13.2 Å². The van der Waals surface area contributed by atoms with Gasteiger partial charge < -0.3 is 14.4 Å². The van der Waals surface area contributed by atoms with Crippen LogP contribution >= 0.6 is 27.7 Å². The Morgan fingerprint density at radius 3 is 2.65 bits per heavy atom. The van der Waals surface area contributed by atoms with Gasteiger partial charge in [-0.3, -0.25) is 4.79 Å². The summed E-state index contributed by atoms with van der Waals surface area (Å²) in [5.41, 5.74) is 1.57. The molecule has 0 saturated carbocycles. The average molecular weight is 525 g/mol. The quantitative estimate of drug-likeness (QED) is 0.592. The lowest BCUT2D eigenvalue weighted by Gasteiger charge is -2.24. The summed E-state index contributed by atoms with van der Waals surface area (Å²) in [6.07, 6.45) is 0.102. The van der Waals surface area contributed by atoms with Crippen molar-refractivity contribution in [2.75, 3.05) is 30.6 Å². The van der Waals surface area contributed by atoms with E-state index in [2.05, 4.69) is 20.9 Å². The molecule has 2 fully saturated rings. The van der Waals surface area contributed by atoms with Crippen molar-refractivity contribution in [2.24, 2.45) is 4.99 Å². The predicted molar refractivity (Wildman–Crippen MR) is 126 cm³/mol. The first-order chi connectivity index (χ1) is 14.8. The Morgan fingerprint density at radius 2 is 1.94 bits per heavy atom. The number of carbonyl (C=O) groups is 1. The minimum absolute atomic E-state index is 0.0556. The Balaban J connectivity index is 1.61. The van der Waals surface area contributed by atoms with Crippen molar-refractivity contribution in [3.63, 3.8) is 0 Å². The van der Waals surface area contributed by atoms with Crippen LogP contribution in [0.4, 0.5) is 5.69 Å². The number of amides is 1. The van der Waals surface area contributed by atoms with Gasteiger partial charge in [-0.2, -0.15) is 4.99 Å². The van der Waals surface area contributed by atoms with Crippen LogP contribution in [0.2, 0.25) is 0 Å². The average Bonchev–Trinajstić information content (AvgIpc) is 3.18. The van der Waals surface area contributed by atoms with Gasteiger partial charge in [0.15, 0.2) is 26.5 Å². The highest BCUT2D eigenvalue weighted by Gasteiger charge is 2.49. The number of benzene rings is 2. The first-order valence-corrected chi connectivity index (χ1v) is 13.0. The van der Waals surface area contributed by atoms with Crippen LogP contribution < -0.4 is 14.4 Å². The van der Waals surface area contributed by atoms with Crippen LogP contribution in [0.5, 0.6) is 11.5 Å². The normalized spacial score (nSPS) is 23.1. The van der Waals surface area contributed by atoms with Crippen LogP contribution in [0, 0.1) is 0 Å². The van der Waals surface area contributed by atoms with Crippen LogP contribution in [0.3, 0.4) is 0 Å². The molecule has 7 nitrogen and oxygen atoms in total. The molecule has 2 aliphatic rings. The first-order valence-electron chi connectivity index (χ1n) is 9.54. The van der Waals surface area contributed by atoms with Gasteiger partial charge in [0.1, 0.15) is 0 Å². The number of methoxy groups -OCH3 is 2. The van der Waals surface area contributed by atoms with E-state index in [0.717, 1.165) is 15.7 Å². The van der Waals surface area contributed by atoms with Gasteiger partial charge in [-0.05, 0) is 35.9 Å². The summed E-state index contributed by atoms with van der Waals surface area (Å²) >= 11 is 4.82. The number of rotatable bonds is 5. The van der Waals surface area contributed by atoms with E-state index in [4.69, 9.17) is 9.47 Å². The number of fused-ring (bicyclic) bond motifs is 1. The molecule has 164 valence electrons. The predicted octanol–water partition coefficient (Wildman–Crippen LogP) is 3.31. The highest BCUT2D eigenvalue weighted by molar-refractivity contribution is 9.10. The van der Waals surface area contributed by atoms with Crippen LogP contribution in [0.25, 0.3) is 0 Å². The van der Waals surface area contributed by atoms with E-state index >= 15 is 0 Å². The summed E-state index contributed by atoms with van der Waals surface area (Å²) in [6.45, 7) is 0. The number of ether oxygens (including phenoxy) is 2. The lowest BCUT2D eigenvalue weighted by Crippen LogP contribution is -2.37. The minimum Gasteiger partial charge on any atom is -0.493 e. The number of aliphatic imine (C=N–C) groups is 1. The second kappa shape index (κ2) is 8.84. The molecule has 2 heterocycles. The second-order valence-corrected chi connectivity index (χ2v) is 11.6. The SMILES string of the molecule is COc1ccc(CC(=O)N=C2S[C@@H]3CS(=O)(=O)C[C@@H]3N2c2cccc(Br)c2)cc1OC. The largest absolute Gasteiger partial charge is 0.493 e. The number of halogens is 1. The maximum absolute atomic E-state index is 12.8. The molecule has 0 aliphatic carbocycles. The van der Waals surface area contributed by atoms with E-state index in [1.165, 1.54) is 11.8 Å². The standard InChI is InChI=1S/C21H21BrN2O5S2/c1-28-17-7-6-13(8-18(17)29-2)9-20(25)23-21-24(15-5-3-4-14(22)10-15)16-11-31(26,27)12-19(16)30-21/h3-8,10,16,19H,9,11-12H2,1-2H3/t16-,19+/m0/s1. The molecule has 2 saturated heterocycles. The first kappa shape index (κ1) is 22.2. The van der Waals surface area contributed by atoms with Crippen molar-refractivity contribution in [3.8, 4) is 11.5 Å². The van der Waals surface area contributed by atoms with Crippen LogP contribution in [-0.4, -0.2) is 56.5 Å². The molecule has 2 aliphatic heterocycles. The fourth-order valence-corrected chi connectivity index (χ4v) is 8.12. The van der Waals surface area contributed by atoms with Crippen molar-refractivity contribution >= 4 is 54.3 Å². The third-order valence-electron chi connectivity index (χ3n) is 5.18.